The van der Waals surface area contributed by atoms with Gasteiger partial charge < -0.3 is 15.1 Å². The molecule has 0 bridgehead atoms. The van der Waals surface area contributed by atoms with Crippen LogP contribution in [-0.2, 0) is 6.42 Å². The summed E-state index contributed by atoms with van der Waals surface area (Å²) in [7, 11) is 0. The van der Waals surface area contributed by atoms with E-state index in [-0.39, 0.29) is 16.4 Å². The van der Waals surface area contributed by atoms with Gasteiger partial charge in [-0.2, -0.15) is 0 Å². The first-order chi connectivity index (χ1) is 13.5. The Hall–Kier alpha value is -3.16. The average molecular weight is 384 g/mol. The Labute approximate surface area is 161 Å². The second-order valence-electron chi connectivity index (χ2n) is 7.09. The van der Waals surface area contributed by atoms with E-state index in [0.717, 1.165) is 24.2 Å². The number of Topliss-reactive ketones (excluding diaryl/α,β-unsaturated/α-hetero) is 1. The lowest BCUT2D eigenvalue weighted by atomic mass is 10.1. The van der Waals surface area contributed by atoms with Crippen LogP contribution < -0.4 is 15.1 Å². The third kappa shape index (κ3) is 3.15. The van der Waals surface area contributed by atoms with Crippen molar-refractivity contribution in [2.45, 2.75) is 13.3 Å². The number of ketones is 1. The van der Waals surface area contributed by atoms with Crippen molar-refractivity contribution in [1.29, 1.82) is 0 Å². The minimum absolute atomic E-state index is 0.118. The molecule has 0 aromatic heterocycles. The number of hydrogen-bond acceptors (Lipinski definition) is 6. The molecule has 0 saturated carbocycles. The monoisotopic (exact) mass is 384 g/mol. The molecule has 0 spiro atoms. The summed E-state index contributed by atoms with van der Waals surface area (Å²) in [5.74, 6) is -0.592. The molecule has 28 heavy (non-hydrogen) atoms. The standard InChI is InChI=1S/C20H21FN4O3/c1-13(26)14-2-4-18(16(21)12-14)23-8-10-24(11-9-23)20-15-6-7-22-17(15)3-5-19(20)25(27)28/h2-5,12,22H,6-11H2,1H3. The Morgan fingerprint density at radius 3 is 2.50 bits per heavy atom. The first-order valence-electron chi connectivity index (χ1n) is 9.30. The fourth-order valence-electron chi connectivity index (χ4n) is 4.02. The van der Waals surface area contributed by atoms with Crippen LogP contribution in [0.4, 0.5) is 27.1 Å². The predicted octanol–water partition coefficient (Wildman–Crippen LogP) is 3.23. The van der Waals surface area contributed by atoms with Crippen molar-refractivity contribution in [2.75, 3.05) is 47.8 Å². The molecule has 146 valence electrons. The summed E-state index contributed by atoms with van der Waals surface area (Å²) in [6.45, 7) is 4.40. The summed E-state index contributed by atoms with van der Waals surface area (Å²) < 4.78 is 14.5. The zero-order valence-corrected chi connectivity index (χ0v) is 15.6. The van der Waals surface area contributed by atoms with Crippen molar-refractivity contribution in [3.8, 4) is 0 Å². The molecule has 0 unspecified atom stereocenters. The lowest BCUT2D eigenvalue weighted by Gasteiger charge is -2.37. The van der Waals surface area contributed by atoms with Gasteiger partial charge in [0.25, 0.3) is 5.69 Å². The van der Waals surface area contributed by atoms with Crippen molar-refractivity contribution < 1.29 is 14.1 Å². The fraction of sp³-hybridized carbons (Fsp3) is 0.350. The van der Waals surface area contributed by atoms with Crippen LogP contribution in [0.3, 0.4) is 0 Å². The van der Waals surface area contributed by atoms with Crippen LogP contribution in [0.15, 0.2) is 30.3 Å². The highest BCUT2D eigenvalue weighted by Crippen LogP contribution is 2.40. The van der Waals surface area contributed by atoms with Gasteiger partial charge in [-0.25, -0.2) is 4.39 Å². The van der Waals surface area contributed by atoms with Gasteiger partial charge in [-0.3, -0.25) is 14.9 Å². The molecule has 7 nitrogen and oxygen atoms in total. The molecule has 1 fully saturated rings. The van der Waals surface area contributed by atoms with E-state index in [1.165, 1.54) is 13.0 Å². The van der Waals surface area contributed by atoms with Crippen molar-refractivity contribution >= 4 is 28.5 Å². The number of anilines is 3. The number of carbonyl (C=O) groups is 1. The molecule has 1 N–H and O–H groups in total. The van der Waals surface area contributed by atoms with Crippen LogP contribution in [0.1, 0.15) is 22.8 Å². The number of fused-ring (bicyclic) bond motifs is 1. The van der Waals surface area contributed by atoms with Gasteiger partial charge in [-0.05, 0) is 37.6 Å². The summed E-state index contributed by atoms with van der Waals surface area (Å²) >= 11 is 0. The maximum Gasteiger partial charge on any atom is 0.292 e. The normalized spacial score (nSPS) is 15.9. The number of carbonyl (C=O) groups excluding carboxylic acids is 1. The van der Waals surface area contributed by atoms with Crippen molar-refractivity contribution in [1.82, 2.24) is 0 Å². The van der Waals surface area contributed by atoms with Gasteiger partial charge in [0.1, 0.15) is 11.5 Å². The Bertz CT molecular complexity index is 955. The van der Waals surface area contributed by atoms with Crippen LogP contribution in [-0.4, -0.2) is 43.4 Å². The average Bonchev–Trinajstić information content (AvgIpc) is 3.16. The van der Waals surface area contributed by atoms with E-state index in [2.05, 4.69) is 5.32 Å². The molecule has 1 saturated heterocycles. The van der Waals surface area contributed by atoms with Gasteiger partial charge in [-0.1, -0.05) is 0 Å². The van der Waals surface area contributed by atoms with E-state index < -0.39 is 5.82 Å². The maximum atomic E-state index is 14.5. The first-order valence-corrected chi connectivity index (χ1v) is 9.30. The summed E-state index contributed by atoms with van der Waals surface area (Å²) in [6, 6.07) is 7.86. The van der Waals surface area contributed by atoms with Crippen LogP contribution in [0.25, 0.3) is 0 Å². The number of piperazine rings is 1. The zero-order chi connectivity index (χ0) is 19.8. The molecule has 2 aromatic carbocycles. The van der Waals surface area contributed by atoms with E-state index in [1.807, 2.05) is 9.80 Å². The third-order valence-electron chi connectivity index (χ3n) is 5.44. The fourth-order valence-corrected chi connectivity index (χ4v) is 4.02. The summed E-state index contributed by atoms with van der Waals surface area (Å²) in [6.07, 6.45) is 0.758. The molecular weight excluding hydrogens is 363 g/mol. The number of nitrogens with zero attached hydrogens (tertiary/aromatic N) is 3. The van der Waals surface area contributed by atoms with Crippen LogP contribution in [0, 0.1) is 15.9 Å². The van der Waals surface area contributed by atoms with Crippen molar-refractivity contribution in [3.63, 3.8) is 0 Å². The van der Waals surface area contributed by atoms with Gasteiger partial charge >= 0.3 is 0 Å². The quantitative estimate of drug-likeness (QED) is 0.495. The van der Waals surface area contributed by atoms with Crippen LogP contribution in [0.2, 0.25) is 0 Å². The van der Waals surface area contributed by atoms with Gasteiger partial charge in [0.05, 0.1) is 10.6 Å². The molecule has 0 radical (unpaired) electrons. The number of nitro groups is 1. The Kier molecular flexibility index (Phi) is 4.62. The molecule has 2 aromatic rings. The number of hydrogen-bond donors (Lipinski definition) is 1. The largest absolute Gasteiger partial charge is 0.384 e. The van der Waals surface area contributed by atoms with Crippen LogP contribution >= 0.6 is 0 Å². The van der Waals surface area contributed by atoms with Crippen LogP contribution in [0.5, 0.6) is 0 Å². The topological polar surface area (TPSA) is 78.7 Å². The summed E-state index contributed by atoms with van der Waals surface area (Å²) in [4.78, 5) is 26.6. The maximum absolute atomic E-state index is 14.5. The Balaban J connectivity index is 1.56. The minimum atomic E-state index is -0.420. The smallest absolute Gasteiger partial charge is 0.292 e. The molecule has 8 heteroatoms. The molecule has 2 aliphatic rings. The molecule has 4 rings (SSSR count). The molecule has 2 heterocycles. The van der Waals surface area contributed by atoms with Gasteiger partial charge in [0.15, 0.2) is 5.78 Å². The highest BCUT2D eigenvalue weighted by Gasteiger charge is 2.30. The molecule has 2 aliphatic heterocycles. The molecule has 0 aliphatic carbocycles. The minimum Gasteiger partial charge on any atom is -0.384 e. The lowest BCUT2D eigenvalue weighted by molar-refractivity contribution is -0.384. The van der Waals surface area contributed by atoms with Gasteiger partial charge in [-0.15, -0.1) is 0 Å². The van der Waals surface area contributed by atoms with E-state index in [9.17, 15) is 19.3 Å². The van der Waals surface area contributed by atoms with Gasteiger partial charge in [0.2, 0.25) is 0 Å². The molecule has 0 amide bonds. The van der Waals surface area contributed by atoms with Crippen molar-refractivity contribution in [3.05, 3.63) is 57.4 Å². The number of nitrogens with one attached hydrogen (secondary N) is 1. The van der Waals surface area contributed by atoms with Crippen molar-refractivity contribution in [2.24, 2.45) is 0 Å². The van der Waals surface area contributed by atoms with E-state index in [4.69, 9.17) is 0 Å². The number of halogens is 1. The Morgan fingerprint density at radius 2 is 1.86 bits per heavy atom. The Morgan fingerprint density at radius 1 is 1.14 bits per heavy atom. The lowest BCUT2D eigenvalue weighted by Crippen LogP contribution is -2.47. The SMILES string of the molecule is CC(=O)c1ccc(N2CCN(c3c([N+](=O)[O-])ccc4c3CCN4)CC2)c(F)c1. The second kappa shape index (κ2) is 7.10. The summed E-state index contributed by atoms with van der Waals surface area (Å²) in [5, 5.41) is 14.8. The second-order valence-corrected chi connectivity index (χ2v) is 7.09. The number of benzene rings is 2. The molecular formula is C20H21FN4O3. The predicted molar refractivity (Wildman–Crippen MR) is 106 cm³/mol. The summed E-state index contributed by atoms with van der Waals surface area (Å²) in [5.41, 5.74) is 3.54. The highest BCUT2D eigenvalue weighted by molar-refractivity contribution is 5.94. The van der Waals surface area contributed by atoms with E-state index in [0.29, 0.717) is 43.1 Å². The first kappa shape index (κ1) is 18.2. The van der Waals surface area contributed by atoms with Gasteiger partial charge in [0, 0.05) is 55.6 Å². The van der Waals surface area contributed by atoms with E-state index in [1.54, 1.807) is 24.3 Å². The molecule has 0 atom stereocenters. The highest BCUT2D eigenvalue weighted by atomic mass is 19.1. The number of nitro benzene ring substituents is 1. The zero-order valence-electron chi connectivity index (χ0n) is 15.6. The van der Waals surface area contributed by atoms with E-state index >= 15 is 0 Å². The third-order valence-corrected chi connectivity index (χ3v) is 5.44. The number of rotatable bonds is 4.